The van der Waals surface area contributed by atoms with Crippen LogP contribution in [-0.4, -0.2) is 27.6 Å². The summed E-state index contributed by atoms with van der Waals surface area (Å²) in [5.74, 6) is 0.769. The highest BCUT2D eigenvalue weighted by molar-refractivity contribution is 7.87. The number of hydrogen-bond acceptors (Lipinski definition) is 6. The molecule has 3 rings (SSSR count). The number of aryl methyl sites for hydroxylation is 1. The van der Waals surface area contributed by atoms with Gasteiger partial charge in [0.15, 0.2) is 10.6 Å². The van der Waals surface area contributed by atoms with Crippen molar-refractivity contribution in [3.8, 4) is 17.2 Å². The maximum atomic E-state index is 12.8. The van der Waals surface area contributed by atoms with Crippen molar-refractivity contribution in [2.24, 2.45) is 0 Å². The van der Waals surface area contributed by atoms with Crippen LogP contribution >= 0.6 is 0 Å². The standard InChI is InChI=1S/C18H17NO5S/c1-12-10-16(23-3)17(11-15(12)22-2)25(20,21)24-14-8-4-6-13-7-5-9-19-18(13)14/h4-11H,1-3H3. The topological polar surface area (TPSA) is 74.7 Å². The van der Waals surface area contributed by atoms with Crippen molar-refractivity contribution >= 4 is 21.0 Å². The number of methoxy groups -OCH3 is 2. The summed E-state index contributed by atoms with van der Waals surface area (Å²) in [6, 6.07) is 11.7. The van der Waals surface area contributed by atoms with Crippen molar-refractivity contribution in [2.75, 3.05) is 14.2 Å². The minimum Gasteiger partial charge on any atom is -0.496 e. The maximum Gasteiger partial charge on any atom is 0.343 e. The van der Waals surface area contributed by atoms with Crippen LogP contribution in [0.3, 0.4) is 0 Å². The van der Waals surface area contributed by atoms with Gasteiger partial charge in [0.2, 0.25) is 0 Å². The molecule has 0 bridgehead atoms. The van der Waals surface area contributed by atoms with Gasteiger partial charge in [-0.2, -0.15) is 8.42 Å². The molecule has 7 heteroatoms. The second-order valence-electron chi connectivity index (χ2n) is 5.34. The third-order valence-corrected chi connectivity index (χ3v) is 5.00. The Hall–Kier alpha value is -2.80. The lowest BCUT2D eigenvalue weighted by Crippen LogP contribution is -2.12. The predicted octanol–water partition coefficient (Wildman–Crippen LogP) is 3.33. The van der Waals surface area contributed by atoms with Crippen LogP contribution in [0.1, 0.15) is 5.56 Å². The summed E-state index contributed by atoms with van der Waals surface area (Å²) in [6.45, 7) is 1.80. The van der Waals surface area contributed by atoms with Gasteiger partial charge in [0.25, 0.3) is 0 Å². The van der Waals surface area contributed by atoms with Gasteiger partial charge in [-0.05, 0) is 30.7 Å². The van der Waals surface area contributed by atoms with Gasteiger partial charge in [-0.3, -0.25) is 4.98 Å². The first-order chi connectivity index (χ1) is 12.0. The first-order valence-electron chi connectivity index (χ1n) is 7.47. The molecule has 0 aliphatic carbocycles. The molecule has 0 amide bonds. The fraction of sp³-hybridized carbons (Fsp3) is 0.167. The van der Waals surface area contributed by atoms with Gasteiger partial charge in [-0.25, -0.2) is 0 Å². The molecule has 0 saturated carbocycles. The highest BCUT2D eigenvalue weighted by atomic mass is 32.2. The Kier molecular flexibility index (Phi) is 4.50. The van der Waals surface area contributed by atoms with Crippen LogP contribution in [0.25, 0.3) is 10.9 Å². The van der Waals surface area contributed by atoms with Crippen molar-refractivity contribution in [3.05, 3.63) is 54.2 Å². The largest absolute Gasteiger partial charge is 0.496 e. The third kappa shape index (κ3) is 3.23. The van der Waals surface area contributed by atoms with Crippen molar-refractivity contribution in [1.82, 2.24) is 4.98 Å². The summed E-state index contributed by atoms with van der Waals surface area (Å²) in [7, 11) is -1.27. The average molecular weight is 359 g/mol. The van der Waals surface area contributed by atoms with Crippen molar-refractivity contribution < 1.29 is 22.1 Å². The summed E-state index contributed by atoms with van der Waals surface area (Å²) in [4.78, 5) is 4.10. The molecule has 0 unspecified atom stereocenters. The lowest BCUT2D eigenvalue weighted by molar-refractivity contribution is 0.386. The molecule has 0 atom stereocenters. The van der Waals surface area contributed by atoms with Crippen LogP contribution in [0.15, 0.2) is 53.6 Å². The van der Waals surface area contributed by atoms with Gasteiger partial charge in [0.05, 0.1) is 14.2 Å². The molecule has 0 aliphatic rings. The van der Waals surface area contributed by atoms with Gasteiger partial charge in [-0.15, -0.1) is 0 Å². The van der Waals surface area contributed by atoms with Gasteiger partial charge in [0, 0.05) is 17.6 Å². The fourth-order valence-electron chi connectivity index (χ4n) is 2.52. The molecule has 0 aliphatic heterocycles. The van der Waals surface area contributed by atoms with E-state index in [1.165, 1.54) is 20.3 Å². The minimum absolute atomic E-state index is 0.106. The Bertz CT molecular complexity index is 1030. The number of ether oxygens (including phenoxy) is 2. The Balaban J connectivity index is 2.11. The SMILES string of the molecule is COc1cc(S(=O)(=O)Oc2cccc3cccnc23)c(OC)cc1C. The fourth-order valence-corrected chi connectivity index (χ4v) is 3.62. The molecule has 0 N–H and O–H groups in total. The minimum atomic E-state index is -4.14. The summed E-state index contributed by atoms with van der Waals surface area (Å²) in [5.41, 5.74) is 1.22. The molecule has 0 spiro atoms. The summed E-state index contributed by atoms with van der Waals surface area (Å²) in [5, 5.41) is 0.781. The number of para-hydroxylation sites is 1. The van der Waals surface area contributed by atoms with E-state index < -0.39 is 10.1 Å². The second kappa shape index (κ2) is 6.60. The smallest absolute Gasteiger partial charge is 0.343 e. The van der Waals surface area contributed by atoms with Crippen LogP contribution in [0, 0.1) is 6.92 Å². The van der Waals surface area contributed by atoms with Crippen LogP contribution in [0.4, 0.5) is 0 Å². The van der Waals surface area contributed by atoms with Crippen LogP contribution in [0.2, 0.25) is 0 Å². The normalized spacial score (nSPS) is 11.3. The molecule has 1 aromatic heterocycles. The van der Waals surface area contributed by atoms with E-state index >= 15 is 0 Å². The molecule has 6 nitrogen and oxygen atoms in total. The highest BCUT2D eigenvalue weighted by Gasteiger charge is 2.25. The molecule has 130 valence electrons. The van der Waals surface area contributed by atoms with Crippen LogP contribution in [0.5, 0.6) is 17.2 Å². The van der Waals surface area contributed by atoms with Gasteiger partial charge < -0.3 is 13.7 Å². The lowest BCUT2D eigenvalue weighted by atomic mass is 10.2. The molecule has 3 aromatic rings. The van der Waals surface area contributed by atoms with E-state index in [2.05, 4.69) is 4.98 Å². The van der Waals surface area contributed by atoms with Crippen LogP contribution in [-0.2, 0) is 10.1 Å². The van der Waals surface area contributed by atoms with E-state index in [1.807, 2.05) is 12.1 Å². The number of pyridine rings is 1. The van der Waals surface area contributed by atoms with Crippen molar-refractivity contribution in [2.45, 2.75) is 11.8 Å². The number of aromatic nitrogens is 1. The van der Waals surface area contributed by atoms with E-state index in [-0.39, 0.29) is 16.4 Å². The second-order valence-corrected chi connectivity index (χ2v) is 6.86. The first-order valence-corrected chi connectivity index (χ1v) is 8.88. The van der Waals surface area contributed by atoms with E-state index in [1.54, 1.807) is 37.4 Å². The quantitative estimate of drug-likeness (QED) is 0.651. The molecule has 1 heterocycles. The van der Waals surface area contributed by atoms with E-state index in [0.717, 1.165) is 10.9 Å². The summed E-state index contributed by atoms with van der Waals surface area (Å²) in [6.07, 6.45) is 1.58. The number of fused-ring (bicyclic) bond motifs is 1. The molecular weight excluding hydrogens is 342 g/mol. The predicted molar refractivity (Wildman–Crippen MR) is 93.8 cm³/mol. The highest BCUT2D eigenvalue weighted by Crippen LogP contribution is 2.34. The zero-order valence-corrected chi connectivity index (χ0v) is 14.8. The Morgan fingerprint density at radius 1 is 0.920 bits per heavy atom. The molecule has 0 saturated heterocycles. The van der Waals surface area contributed by atoms with Gasteiger partial charge in [0.1, 0.15) is 17.0 Å². The third-order valence-electron chi connectivity index (χ3n) is 3.75. The zero-order valence-electron chi connectivity index (χ0n) is 14.0. The number of rotatable bonds is 5. The molecule has 0 fully saturated rings. The van der Waals surface area contributed by atoms with Crippen molar-refractivity contribution in [1.29, 1.82) is 0 Å². The molecule has 25 heavy (non-hydrogen) atoms. The Morgan fingerprint density at radius 2 is 1.64 bits per heavy atom. The monoisotopic (exact) mass is 359 g/mol. The van der Waals surface area contributed by atoms with Crippen molar-refractivity contribution in [3.63, 3.8) is 0 Å². The summed E-state index contributed by atoms with van der Waals surface area (Å²) < 4.78 is 41.4. The molecule has 2 aromatic carbocycles. The molecule has 0 radical (unpaired) electrons. The lowest BCUT2D eigenvalue weighted by Gasteiger charge is -2.14. The van der Waals surface area contributed by atoms with E-state index in [0.29, 0.717) is 11.3 Å². The number of hydrogen-bond donors (Lipinski definition) is 0. The summed E-state index contributed by atoms with van der Waals surface area (Å²) >= 11 is 0. The van der Waals surface area contributed by atoms with Gasteiger partial charge in [-0.1, -0.05) is 18.2 Å². The zero-order chi connectivity index (χ0) is 18.0. The average Bonchev–Trinajstić information content (AvgIpc) is 2.61. The van der Waals surface area contributed by atoms with E-state index in [9.17, 15) is 8.42 Å². The maximum absolute atomic E-state index is 12.8. The first kappa shape index (κ1) is 17.0. The molecular formula is C18H17NO5S. The Morgan fingerprint density at radius 3 is 2.36 bits per heavy atom. The van der Waals surface area contributed by atoms with E-state index in [4.69, 9.17) is 13.7 Å². The Labute approximate surface area is 146 Å². The van der Waals surface area contributed by atoms with Crippen LogP contribution < -0.4 is 13.7 Å². The number of nitrogens with zero attached hydrogens (tertiary/aromatic N) is 1. The van der Waals surface area contributed by atoms with Gasteiger partial charge >= 0.3 is 10.1 Å². The number of benzene rings is 2.